The molecule has 4 rings (SSSR count). The minimum Gasteiger partial charge on any atom is -0.463 e. The van der Waals surface area contributed by atoms with Crippen LogP contribution in [0.5, 0.6) is 0 Å². The number of fused-ring (bicyclic) bond motifs is 5. The second-order valence-corrected chi connectivity index (χ2v) is 11.3. The van der Waals surface area contributed by atoms with Gasteiger partial charge in [-0.2, -0.15) is 0 Å². The van der Waals surface area contributed by atoms with Crippen molar-refractivity contribution < 1.29 is 29.0 Å². The largest absolute Gasteiger partial charge is 0.463 e. The summed E-state index contributed by atoms with van der Waals surface area (Å²) in [5.74, 6) is -0.0593. The van der Waals surface area contributed by atoms with E-state index < -0.39 is 11.0 Å². The standard InChI is InChI=1S/C25H38O6/c1-14(30-15(2)26)19-8-9-20-21-7-6-17-12-18(31-16(3)27)10-11-24(17,5)25(21,29)22(28)13-23(19,20)4/h14,17-21,29H,6-13H2,1-5H3/t14-,17+,18+,19-,20+,21+,23-,24+,25+/m1/s1. The lowest BCUT2D eigenvalue weighted by Gasteiger charge is -2.64. The molecule has 6 heteroatoms. The van der Waals surface area contributed by atoms with Crippen molar-refractivity contribution in [2.75, 3.05) is 0 Å². The summed E-state index contributed by atoms with van der Waals surface area (Å²) >= 11 is 0. The highest BCUT2D eigenvalue weighted by Crippen LogP contribution is 2.68. The molecule has 174 valence electrons. The van der Waals surface area contributed by atoms with Gasteiger partial charge in [-0.3, -0.25) is 14.4 Å². The number of esters is 2. The van der Waals surface area contributed by atoms with Crippen LogP contribution in [-0.4, -0.2) is 40.6 Å². The summed E-state index contributed by atoms with van der Waals surface area (Å²) in [5, 5.41) is 12.2. The SMILES string of the molecule is CC(=O)O[C@H]1CC[C@@]2(C)[C@@H](CC[C@H]3[C@@H]4CC[C@H]([C@@H](C)OC(C)=O)[C@@]4(C)CC(=O)[C@@]32O)C1. The van der Waals surface area contributed by atoms with E-state index in [1.54, 1.807) is 0 Å². The normalized spacial score (nSPS) is 47.5. The van der Waals surface area contributed by atoms with E-state index in [9.17, 15) is 19.5 Å². The van der Waals surface area contributed by atoms with Crippen molar-refractivity contribution in [1.29, 1.82) is 0 Å². The molecular formula is C25H38O6. The van der Waals surface area contributed by atoms with Gasteiger partial charge in [-0.25, -0.2) is 0 Å². The maximum Gasteiger partial charge on any atom is 0.302 e. The van der Waals surface area contributed by atoms with Gasteiger partial charge in [0.2, 0.25) is 0 Å². The van der Waals surface area contributed by atoms with Gasteiger partial charge in [-0.15, -0.1) is 0 Å². The lowest BCUT2D eigenvalue weighted by atomic mass is 9.42. The first-order valence-corrected chi connectivity index (χ1v) is 12.0. The maximum absolute atomic E-state index is 13.8. The topological polar surface area (TPSA) is 89.9 Å². The zero-order valence-corrected chi connectivity index (χ0v) is 19.6. The first kappa shape index (κ1) is 22.8. The highest BCUT2D eigenvalue weighted by molar-refractivity contribution is 5.90. The maximum atomic E-state index is 13.8. The number of hydrogen-bond donors (Lipinski definition) is 1. The van der Waals surface area contributed by atoms with Crippen molar-refractivity contribution in [2.24, 2.45) is 34.5 Å². The molecule has 0 amide bonds. The molecule has 0 aromatic rings. The Morgan fingerprint density at radius 3 is 2.35 bits per heavy atom. The van der Waals surface area contributed by atoms with Gasteiger partial charge in [0.15, 0.2) is 5.78 Å². The van der Waals surface area contributed by atoms with Crippen LogP contribution >= 0.6 is 0 Å². The first-order chi connectivity index (χ1) is 14.4. The summed E-state index contributed by atoms with van der Waals surface area (Å²) in [6.07, 6.45) is 5.79. The van der Waals surface area contributed by atoms with E-state index in [0.29, 0.717) is 19.3 Å². The second kappa shape index (κ2) is 7.57. The predicted octanol–water partition coefficient (Wildman–Crippen LogP) is 3.82. The predicted molar refractivity (Wildman–Crippen MR) is 114 cm³/mol. The van der Waals surface area contributed by atoms with E-state index in [-0.39, 0.29) is 59.0 Å². The van der Waals surface area contributed by atoms with Gasteiger partial charge >= 0.3 is 11.9 Å². The van der Waals surface area contributed by atoms with E-state index in [1.807, 2.05) is 6.92 Å². The van der Waals surface area contributed by atoms with E-state index in [4.69, 9.17) is 9.47 Å². The molecule has 1 N–H and O–H groups in total. The second-order valence-electron chi connectivity index (χ2n) is 11.3. The van der Waals surface area contributed by atoms with Crippen molar-refractivity contribution in [2.45, 2.75) is 104 Å². The Kier molecular flexibility index (Phi) is 5.55. The molecule has 4 aliphatic carbocycles. The zero-order valence-electron chi connectivity index (χ0n) is 19.6. The number of carbonyl (C=O) groups excluding carboxylic acids is 3. The third-order valence-electron chi connectivity index (χ3n) is 9.85. The Morgan fingerprint density at radius 1 is 1.03 bits per heavy atom. The Balaban J connectivity index is 1.62. The average molecular weight is 435 g/mol. The lowest BCUT2D eigenvalue weighted by molar-refractivity contribution is -0.231. The van der Waals surface area contributed by atoms with Crippen LogP contribution in [0.4, 0.5) is 0 Å². The molecule has 0 heterocycles. The smallest absolute Gasteiger partial charge is 0.302 e. The van der Waals surface area contributed by atoms with E-state index in [2.05, 4.69) is 13.8 Å². The molecular weight excluding hydrogens is 396 g/mol. The Morgan fingerprint density at radius 2 is 1.71 bits per heavy atom. The van der Waals surface area contributed by atoms with Gasteiger partial charge in [0.05, 0.1) is 0 Å². The monoisotopic (exact) mass is 434 g/mol. The number of Topliss-reactive ketones (excluding diaryl/α,β-unsaturated/α-hetero) is 1. The van der Waals surface area contributed by atoms with Crippen LogP contribution in [0.15, 0.2) is 0 Å². The van der Waals surface area contributed by atoms with Gasteiger partial charge in [-0.1, -0.05) is 13.8 Å². The van der Waals surface area contributed by atoms with Crippen LogP contribution in [0.1, 0.15) is 86.0 Å². The van der Waals surface area contributed by atoms with Crippen molar-refractivity contribution in [3.63, 3.8) is 0 Å². The number of carbonyl (C=O) groups is 3. The van der Waals surface area contributed by atoms with Crippen LogP contribution in [0.25, 0.3) is 0 Å². The van der Waals surface area contributed by atoms with Gasteiger partial charge in [-0.05, 0) is 75.0 Å². The van der Waals surface area contributed by atoms with Crippen molar-refractivity contribution in [3.05, 3.63) is 0 Å². The average Bonchev–Trinajstić information content (AvgIpc) is 2.99. The van der Waals surface area contributed by atoms with Crippen molar-refractivity contribution >= 4 is 17.7 Å². The molecule has 9 atom stereocenters. The van der Waals surface area contributed by atoms with Crippen molar-refractivity contribution in [1.82, 2.24) is 0 Å². The zero-order chi connectivity index (χ0) is 22.8. The van der Waals surface area contributed by atoms with Crippen LogP contribution in [0, 0.1) is 34.5 Å². The quantitative estimate of drug-likeness (QED) is 0.679. The molecule has 4 saturated carbocycles. The molecule has 4 aliphatic rings. The molecule has 4 fully saturated rings. The summed E-state index contributed by atoms with van der Waals surface area (Å²) < 4.78 is 11.0. The number of aliphatic hydroxyl groups is 1. The molecule has 0 aromatic carbocycles. The minimum absolute atomic E-state index is 0.0312. The van der Waals surface area contributed by atoms with Gasteiger partial charge in [0.1, 0.15) is 17.8 Å². The van der Waals surface area contributed by atoms with Crippen LogP contribution in [0.3, 0.4) is 0 Å². The molecule has 31 heavy (non-hydrogen) atoms. The molecule has 0 radical (unpaired) electrons. The summed E-state index contributed by atoms with van der Waals surface area (Å²) in [7, 11) is 0. The molecule has 0 unspecified atom stereocenters. The Bertz CT molecular complexity index is 778. The van der Waals surface area contributed by atoms with Gasteiger partial charge < -0.3 is 14.6 Å². The van der Waals surface area contributed by atoms with E-state index >= 15 is 0 Å². The fraction of sp³-hybridized carbons (Fsp3) is 0.880. The first-order valence-electron chi connectivity index (χ1n) is 12.0. The third-order valence-corrected chi connectivity index (χ3v) is 9.85. The molecule has 0 bridgehead atoms. The minimum atomic E-state index is -1.32. The highest BCUT2D eigenvalue weighted by atomic mass is 16.5. The van der Waals surface area contributed by atoms with Crippen LogP contribution < -0.4 is 0 Å². The van der Waals surface area contributed by atoms with E-state index in [0.717, 1.165) is 32.1 Å². The lowest BCUT2D eigenvalue weighted by Crippen LogP contribution is -2.70. The molecule has 0 spiro atoms. The molecule has 0 saturated heterocycles. The van der Waals surface area contributed by atoms with Crippen molar-refractivity contribution in [3.8, 4) is 0 Å². The highest BCUT2D eigenvalue weighted by Gasteiger charge is 2.71. The summed E-state index contributed by atoms with van der Waals surface area (Å²) in [6, 6.07) is 0. The number of rotatable bonds is 3. The van der Waals surface area contributed by atoms with Crippen LogP contribution in [0.2, 0.25) is 0 Å². The van der Waals surface area contributed by atoms with E-state index in [1.165, 1.54) is 13.8 Å². The fourth-order valence-corrected chi connectivity index (χ4v) is 8.48. The van der Waals surface area contributed by atoms with Crippen LogP contribution in [-0.2, 0) is 23.9 Å². The number of hydrogen-bond acceptors (Lipinski definition) is 6. The number of ether oxygens (including phenoxy) is 2. The third kappa shape index (κ3) is 3.27. The Labute approximate surface area is 185 Å². The Hall–Kier alpha value is -1.43. The molecule has 0 aliphatic heterocycles. The molecule has 6 nitrogen and oxygen atoms in total. The summed E-state index contributed by atoms with van der Waals surface area (Å²) in [4.78, 5) is 36.8. The summed E-state index contributed by atoms with van der Waals surface area (Å²) in [5.41, 5.74) is -2.05. The number of ketones is 1. The van der Waals surface area contributed by atoms with Gasteiger partial charge in [0.25, 0.3) is 0 Å². The molecule has 0 aromatic heterocycles. The van der Waals surface area contributed by atoms with Gasteiger partial charge in [0, 0.05) is 31.6 Å². The summed E-state index contributed by atoms with van der Waals surface area (Å²) in [6.45, 7) is 9.10. The fourth-order valence-electron chi connectivity index (χ4n) is 8.48.